The lowest BCUT2D eigenvalue weighted by Gasteiger charge is -2.13. The van der Waals surface area contributed by atoms with Gasteiger partial charge in [0, 0.05) is 32.5 Å². The van der Waals surface area contributed by atoms with Crippen LogP contribution in [0.2, 0.25) is 0 Å². The number of aryl methyl sites for hydroxylation is 1. The number of nitrogens with one attached hydrogen (secondary N) is 1. The Kier molecular flexibility index (Phi) is 8.22. The van der Waals surface area contributed by atoms with Crippen LogP contribution >= 0.6 is 24.0 Å². The summed E-state index contributed by atoms with van der Waals surface area (Å²) in [4.78, 5) is 33.0. The molecule has 1 amide bonds. The van der Waals surface area contributed by atoms with E-state index in [2.05, 4.69) is 12.2 Å². The van der Waals surface area contributed by atoms with Crippen LogP contribution in [0.5, 0.6) is 0 Å². The Morgan fingerprint density at radius 2 is 2.10 bits per heavy atom. The van der Waals surface area contributed by atoms with Crippen molar-refractivity contribution in [1.82, 2.24) is 14.3 Å². The molecule has 3 heterocycles. The molecule has 2 aromatic rings. The quantitative estimate of drug-likeness (QED) is 0.328. The van der Waals surface area contributed by atoms with Crippen LogP contribution in [0.3, 0.4) is 0 Å². The zero-order chi connectivity index (χ0) is 22.4. The van der Waals surface area contributed by atoms with Gasteiger partial charge in [-0.25, -0.2) is 4.98 Å². The predicted molar refractivity (Wildman–Crippen MR) is 131 cm³/mol. The van der Waals surface area contributed by atoms with E-state index < -0.39 is 0 Å². The maximum absolute atomic E-state index is 13.3. The molecule has 0 bridgehead atoms. The molecule has 1 N–H and O–H groups in total. The number of ether oxygens (including phenoxy) is 1. The van der Waals surface area contributed by atoms with Gasteiger partial charge in [0.2, 0.25) is 0 Å². The average molecular weight is 461 g/mol. The van der Waals surface area contributed by atoms with Gasteiger partial charge in [0.1, 0.15) is 15.8 Å². The first-order valence-corrected chi connectivity index (χ1v) is 11.8. The minimum atomic E-state index is -0.222. The van der Waals surface area contributed by atoms with Crippen LogP contribution in [0.1, 0.15) is 44.2 Å². The van der Waals surface area contributed by atoms with Gasteiger partial charge in [0.05, 0.1) is 10.5 Å². The van der Waals surface area contributed by atoms with Gasteiger partial charge in [-0.05, 0) is 44.4 Å². The molecule has 2 aromatic heterocycles. The molecule has 1 saturated heterocycles. The number of amides is 1. The second kappa shape index (κ2) is 10.9. The molecule has 9 heteroatoms. The molecule has 166 valence electrons. The number of carbonyl (C=O) groups excluding carboxylic acids is 1. The van der Waals surface area contributed by atoms with Crippen molar-refractivity contribution < 1.29 is 9.53 Å². The number of fused-ring (bicyclic) bond motifs is 1. The largest absolute Gasteiger partial charge is 0.382 e. The number of aromatic nitrogens is 2. The predicted octanol–water partition coefficient (Wildman–Crippen LogP) is 3.84. The normalized spacial score (nSPS) is 15.5. The van der Waals surface area contributed by atoms with Gasteiger partial charge in [-0.15, -0.1) is 0 Å². The van der Waals surface area contributed by atoms with Crippen molar-refractivity contribution >= 4 is 51.7 Å². The molecule has 31 heavy (non-hydrogen) atoms. The summed E-state index contributed by atoms with van der Waals surface area (Å²) in [5, 5.41) is 3.26. The zero-order valence-electron chi connectivity index (χ0n) is 18.1. The molecular weight excluding hydrogens is 432 g/mol. The molecule has 0 aliphatic carbocycles. The van der Waals surface area contributed by atoms with E-state index in [4.69, 9.17) is 21.9 Å². The molecule has 0 spiro atoms. The number of hydrogen-bond acceptors (Lipinski definition) is 7. The zero-order valence-corrected chi connectivity index (χ0v) is 19.8. The molecule has 1 fully saturated rings. The topological polar surface area (TPSA) is 75.9 Å². The Bertz CT molecular complexity index is 1060. The van der Waals surface area contributed by atoms with Crippen LogP contribution in [-0.4, -0.2) is 50.8 Å². The molecule has 0 atom stereocenters. The molecule has 0 unspecified atom stereocenters. The molecule has 1 aliphatic rings. The standard InChI is InChI=1S/C22H28N4O3S2/c1-4-6-11-26-21(28)17(31-22(26)30)14-16-18(23-10-8-13-29-5-2)24-19-15(3)9-7-12-25(19)20(16)27/h7,9,12,14,23H,4-6,8,10-11,13H2,1-3H3/b17-14+. The van der Waals surface area contributed by atoms with Crippen molar-refractivity contribution in [3.63, 3.8) is 0 Å². The van der Waals surface area contributed by atoms with E-state index in [1.54, 1.807) is 17.2 Å². The fourth-order valence-corrected chi connectivity index (χ4v) is 4.53. The summed E-state index contributed by atoms with van der Waals surface area (Å²) < 4.78 is 7.43. The number of thiocarbonyl (C=S) groups is 1. The molecular formula is C22H28N4O3S2. The number of nitrogens with zero attached hydrogens (tertiary/aromatic N) is 3. The monoisotopic (exact) mass is 460 g/mol. The highest BCUT2D eigenvalue weighted by Crippen LogP contribution is 2.33. The van der Waals surface area contributed by atoms with Gasteiger partial charge in [-0.3, -0.25) is 18.9 Å². The molecule has 7 nitrogen and oxygen atoms in total. The third kappa shape index (κ3) is 5.34. The Morgan fingerprint density at radius 1 is 1.29 bits per heavy atom. The highest BCUT2D eigenvalue weighted by atomic mass is 32.2. The number of carbonyl (C=O) groups is 1. The highest BCUT2D eigenvalue weighted by Gasteiger charge is 2.32. The minimum Gasteiger partial charge on any atom is -0.382 e. The summed E-state index contributed by atoms with van der Waals surface area (Å²) in [7, 11) is 0. The van der Waals surface area contributed by atoms with Crippen molar-refractivity contribution in [3.8, 4) is 0 Å². The molecule has 3 rings (SSSR count). The molecule has 0 aromatic carbocycles. The number of pyridine rings is 1. The first-order chi connectivity index (χ1) is 15.0. The van der Waals surface area contributed by atoms with E-state index >= 15 is 0 Å². The maximum atomic E-state index is 13.3. The lowest BCUT2D eigenvalue weighted by molar-refractivity contribution is -0.122. The fourth-order valence-electron chi connectivity index (χ4n) is 3.24. The van der Waals surface area contributed by atoms with Crippen LogP contribution in [0.15, 0.2) is 28.0 Å². The van der Waals surface area contributed by atoms with E-state index in [-0.39, 0.29) is 11.5 Å². The van der Waals surface area contributed by atoms with Crippen molar-refractivity contribution in [2.45, 2.75) is 40.0 Å². The second-order valence-electron chi connectivity index (χ2n) is 7.23. The smallest absolute Gasteiger partial charge is 0.267 e. The summed E-state index contributed by atoms with van der Waals surface area (Å²) >= 11 is 6.63. The van der Waals surface area contributed by atoms with E-state index in [0.717, 1.165) is 24.8 Å². The highest BCUT2D eigenvalue weighted by molar-refractivity contribution is 8.26. The van der Waals surface area contributed by atoms with Gasteiger partial charge in [0.15, 0.2) is 0 Å². The number of hydrogen-bond donors (Lipinski definition) is 1. The van der Waals surface area contributed by atoms with E-state index in [0.29, 0.717) is 52.6 Å². The average Bonchev–Trinajstić information content (AvgIpc) is 3.02. The summed E-state index contributed by atoms with van der Waals surface area (Å²) in [5.41, 5.74) is 1.62. The second-order valence-corrected chi connectivity index (χ2v) is 8.90. The minimum absolute atomic E-state index is 0.153. The Hall–Kier alpha value is -2.23. The number of rotatable bonds is 10. The number of thioether (sulfide) groups is 1. The SMILES string of the molecule is CCCCN1C(=O)/C(=C\c2c(NCCCOCC)nc3c(C)cccn3c2=O)SC1=S. The van der Waals surface area contributed by atoms with Crippen LogP contribution in [0, 0.1) is 6.92 Å². The Labute approximate surface area is 191 Å². The molecule has 1 aliphatic heterocycles. The van der Waals surface area contributed by atoms with E-state index in [1.165, 1.54) is 16.2 Å². The summed E-state index contributed by atoms with van der Waals surface area (Å²) in [6.45, 7) is 8.43. The van der Waals surface area contributed by atoms with Gasteiger partial charge < -0.3 is 10.1 Å². The van der Waals surface area contributed by atoms with Crippen molar-refractivity contribution in [1.29, 1.82) is 0 Å². The third-order valence-corrected chi connectivity index (χ3v) is 6.31. The van der Waals surface area contributed by atoms with Crippen molar-refractivity contribution in [2.24, 2.45) is 0 Å². The van der Waals surface area contributed by atoms with Crippen LogP contribution in [0.4, 0.5) is 5.82 Å². The first kappa shape index (κ1) is 23.4. The van der Waals surface area contributed by atoms with E-state index in [1.807, 2.05) is 26.0 Å². The van der Waals surface area contributed by atoms with Gasteiger partial charge >= 0.3 is 0 Å². The first-order valence-electron chi connectivity index (χ1n) is 10.6. The summed E-state index contributed by atoms with van der Waals surface area (Å²) in [6, 6.07) is 3.73. The Balaban J connectivity index is 1.99. The number of anilines is 1. The number of unbranched alkanes of at least 4 members (excludes halogenated alkanes) is 1. The van der Waals surface area contributed by atoms with Crippen molar-refractivity contribution in [3.05, 3.63) is 44.7 Å². The lowest BCUT2D eigenvalue weighted by Crippen LogP contribution is -2.29. The van der Waals surface area contributed by atoms with Crippen molar-refractivity contribution in [2.75, 3.05) is 31.6 Å². The van der Waals surface area contributed by atoms with Gasteiger partial charge in [0.25, 0.3) is 11.5 Å². The van der Waals surface area contributed by atoms with E-state index in [9.17, 15) is 9.59 Å². The summed E-state index contributed by atoms with van der Waals surface area (Å²) in [6.07, 6.45) is 5.95. The van der Waals surface area contributed by atoms with Crippen LogP contribution in [0.25, 0.3) is 11.7 Å². The maximum Gasteiger partial charge on any atom is 0.267 e. The Morgan fingerprint density at radius 3 is 2.84 bits per heavy atom. The van der Waals surface area contributed by atoms with Crippen LogP contribution < -0.4 is 10.9 Å². The lowest BCUT2D eigenvalue weighted by atomic mass is 10.2. The molecule has 0 saturated carbocycles. The fraction of sp³-hybridized carbons (Fsp3) is 0.455. The van der Waals surface area contributed by atoms with Gasteiger partial charge in [-0.2, -0.15) is 0 Å². The van der Waals surface area contributed by atoms with Gasteiger partial charge in [-0.1, -0.05) is 43.4 Å². The third-order valence-electron chi connectivity index (χ3n) is 4.93. The van der Waals surface area contributed by atoms with Crippen LogP contribution in [-0.2, 0) is 9.53 Å². The summed E-state index contributed by atoms with van der Waals surface area (Å²) in [5.74, 6) is 0.314. The molecule has 0 radical (unpaired) electrons.